The second-order valence-electron chi connectivity index (χ2n) is 11.2. The molecule has 39 heavy (non-hydrogen) atoms. The average molecular weight is 544 g/mol. The van der Waals surface area contributed by atoms with E-state index in [-0.39, 0.29) is 24.0 Å². The fourth-order valence-corrected chi connectivity index (χ4v) is 5.34. The van der Waals surface area contributed by atoms with Crippen molar-refractivity contribution in [3.63, 3.8) is 0 Å². The standard InChI is InChI=1S/C29H41N3O7/c1-18(30-27(35)21-12-13-38-16-21)26(34)32-24(15-20-8-10-22(37-3)11-9-20)28(36)31-23(14-19-6-4-5-7-19)25(33)29(2)17-39-29/h8-11,18-19,21,23-24H,4-7,12-17H2,1-3H3,(H,30,35)(H,31,36)(H,32,34)/t18-,21-,23+,24+,29+/m1/s1. The Morgan fingerprint density at radius 2 is 1.67 bits per heavy atom. The second-order valence-corrected chi connectivity index (χ2v) is 11.2. The lowest BCUT2D eigenvalue weighted by atomic mass is 9.90. The van der Waals surface area contributed by atoms with Crippen molar-refractivity contribution in [2.45, 2.75) is 82.5 Å². The molecule has 0 spiro atoms. The minimum atomic E-state index is -0.952. The molecule has 3 amide bonds. The lowest BCUT2D eigenvalue weighted by molar-refractivity contribution is -0.134. The summed E-state index contributed by atoms with van der Waals surface area (Å²) in [6.45, 7) is 4.54. The van der Waals surface area contributed by atoms with E-state index >= 15 is 0 Å². The summed E-state index contributed by atoms with van der Waals surface area (Å²) in [4.78, 5) is 52.6. The quantitative estimate of drug-likeness (QED) is 0.322. The van der Waals surface area contributed by atoms with E-state index < -0.39 is 35.5 Å². The molecule has 3 aliphatic rings. The van der Waals surface area contributed by atoms with Crippen LogP contribution in [0.15, 0.2) is 24.3 Å². The SMILES string of the molecule is COc1ccc(C[C@H](NC(=O)[C@@H](C)NC(=O)[C@@H]2CCOC2)C(=O)N[C@@H](CC2CCCC2)C(=O)[C@]2(C)CO2)cc1. The first-order valence-corrected chi connectivity index (χ1v) is 14.0. The molecule has 0 aromatic heterocycles. The van der Waals surface area contributed by atoms with Gasteiger partial charge in [-0.15, -0.1) is 0 Å². The van der Waals surface area contributed by atoms with Crippen LogP contribution in [0.5, 0.6) is 5.75 Å². The van der Waals surface area contributed by atoms with Crippen molar-refractivity contribution in [3.8, 4) is 5.75 Å². The van der Waals surface area contributed by atoms with E-state index in [1.807, 2.05) is 12.1 Å². The predicted octanol–water partition coefficient (Wildman–Crippen LogP) is 1.69. The molecule has 10 heteroatoms. The molecule has 5 atom stereocenters. The minimum Gasteiger partial charge on any atom is -0.497 e. The molecule has 1 aromatic rings. The van der Waals surface area contributed by atoms with E-state index in [0.717, 1.165) is 31.2 Å². The van der Waals surface area contributed by atoms with E-state index in [0.29, 0.717) is 44.3 Å². The number of ether oxygens (including phenoxy) is 3. The van der Waals surface area contributed by atoms with E-state index in [9.17, 15) is 19.2 Å². The molecule has 10 nitrogen and oxygen atoms in total. The van der Waals surface area contributed by atoms with Crippen LogP contribution in [0.2, 0.25) is 0 Å². The zero-order valence-corrected chi connectivity index (χ0v) is 23.1. The highest BCUT2D eigenvalue weighted by Gasteiger charge is 2.50. The molecular formula is C29H41N3O7. The molecule has 214 valence electrons. The van der Waals surface area contributed by atoms with Gasteiger partial charge in [0.1, 0.15) is 23.4 Å². The molecular weight excluding hydrogens is 502 g/mol. The number of rotatable bonds is 13. The van der Waals surface area contributed by atoms with Gasteiger partial charge in [-0.3, -0.25) is 19.2 Å². The van der Waals surface area contributed by atoms with Crippen LogP contribution in [-0.4, -0.2) is 74.2 Å². The molecule has 1 saturated carbocycles. The fourth-order valence-electron chi connectivity index (χ4n) is 5.34. The Bertz CT molecular complexity index is 1030. The van der Waals surface area contributed by atoms with Crippen molar-refractivity contribution in [1.29, 1.82) is 0 Å². The predicted molar refractivity (Wildman–Crippen MR) is 143 cm³/mol. The van der Waals surface area contributed by atoms with Gasteiger partial charge in [0.15, 0.2) is 5.78 Å². The molecule has 1 aromatic carbocycles. The maximum Gasteiger partial charge on any atom is 0.243 e. The van der Waals surface area contributed by atoms with E-state index in [2.05, 4.69) is 16.0 Å². The molecule has 1 aliphatic carbocycles. The van der Waals surface area contributed by atoms with E-state index in [1.165, 1.54) is 0 Å². The van der Waals surface area contributed by atoms with Gasteiger partial charge in [-0.2, -0.15) is 0 Å². The van der Waals surface area contributed by atoms with Gasteiger partial charge in [0.25, 0.3) is 0 Å². The largest absolute Gasteiger partial charge is 0.497 e. The Kier molecular flexibility index (Phi) is 9.61. The number of ketones is 1. The number of hydrogen-bond donors (Lipinski definition) is 3. The van der Waals surface area contributed by atoms with Crippen molar-refractivity contribution in [1.82, 2.24) is 16.0 Å². The van der Waals surface area contributed by atoms with Crippen molar-refractivity contribution in [2.75, 3.05) is 26.9 Å². The highest BCUT2D eigenvalue weighted by Crippen LogP contribution is 2.33. The van der Waals surface area contributed by atoms with Crippen LogP contribution in [0.1, 0.15) is 57.9 Å². The smallest absolute Gasteiger partial charge is 0.243 e. The summed E-state index contributed by atoms with van der Waals surface area (Å²) in [5.74, 6) is -0.536. The van der Waals surface area contributed by atoms with Crippen LogP contribution < -0.4 is 20.7 Å². The van der Waals surface area contributed by atoms with Gasteiger partial charge in [0, 0.05) is 13.0 Å². The molecule has 3 N–H and O–H groups in total. The fraction of sp³-hybridized carbons (Fsp3) is 0.655. The van der Waals surface area contributed by atoms with Gasteiger partial charge in [0.2, 0.25) is 17.7 Å². The van der Waals surface area contributed by atoms with Gasteiger partial charge >= 0.3 is 0 Å². The third-order valence-corrected chi connectivity index (χ3v) is 8.06. The summed E-state index contributed by atoms with van der Waals surface area (Å²) in [5, 5.41) is 8.49. The van der Waals surface area contributed by atoms with Crippen LogP contribution in [0, 0.1) is 11.8 Å². The van der Waals surface area contributed by atoms with E-state index in [1.54, 1.807) is 33.1 Å². The zero-order valence-electron chi connectivity index (χ0n) is 23.1. The Balaban J connectivity index is 1.46. The van der Waals surface area contributed by atoms with Gasteiger partial charge in [-0.25, -0.2) is 0 Å². The third kappa shape index (κ3) is 7.79. The van der Waals surface area contributed by atoms with Gasteiger partial charge < -0.3 is 30.2 Å². The summed E-state index contributed by atoms with van der Waals surface area (Å²) >= 11 is 0. The first-order valence-electron chi connectivity index (χ1n) is 14.0. The van der Waals surface area contributed by atoms with E-state index in [4.69, 9.17) is 14.2 Å². The Morgan fingerprint density at radius 1 is 1.00 bits per heavy atom. The first-order chi connectivity index (χ1) is 18.7. The maximum absolute atomic E-state index is 13.6. The van der Waals surface area contributed by atoms with Crippen molar-refractivity contribution in [2.24, 2.45) is 11.8 Å². The third-order valence-electron chi connectivity index (χ3n) is 8.06. The molecule has 4 rings (SSSR count). The Morgan fingerprint density at radius 3 is 2.26 bits per heavy atom. The highest BCUT2D eigenvalue weighted by atomic mass is 16.6. The molecule has 2 aliphatic heterocycles. The number of Topliss-reactive ketones (excluding diaryl/α,β-unsaturated/α-hetero) is 1. The first kappa shape index (κ1) is 29.0. The Labute approximate surface area is 229 Å². The van der Waals surface area contributed by atoms with Crippen LogP contribution >= 0.6 is 0 Å². The van der Waals surface area contributed by atoms with Crippen molar-refractivity contribution in [3.05, 3.63) is 29.8 Å². The molecule has 2 heterocycles. The number of nitrogens with one attached hydrogen (secondary N) is 3. The van der Waals surface area contributed by atoms with Gasteiger partial charge in [-0.05, 0) is 50.3 Å². The number of methoxy groups -OCH3 is 1. The summed E-state index contributed by atoms with van der Waals surface area (Å²) in [7, 11) is 1.57. The average Bonchev–Trinajstić information content (AvgIpc) is 3.32. The van der Waals surface area contributed by atoms with Crippen LogP contribution in [-0.2, 0) is 35.1 Å². The summed E-state index contributed by atoms with van der Waals surface area (Å²) in [6.07, 6.45) is 5.69. The number of carbonyl (C=O) groups excluding carboxylic acids is 4. The van der Waals surface area contributed by atoms with Crippen LogP contribution in [0.4, 0.5) is 0 Å². The lowest BCUT2D eigenvalue weighted by Crippen LogP contribution is -2.57. The topological polar surface area (TPSA) is 135 Å². The number of hydrogen-bond acceptors (Lipinski definition) is 7. The monoisotopic (exact) mass is 543 g/mol. The zero-order chi connectivity index (χ0) is 28.0. The van der Waals surface area contributed by atoms with Crippen LogP contribution in [0.3, 0.4) is 0 Å². The number of amides is 3. The van der Waals surface area contributed by atoms with Crippen LogP contribution in [0.25, 0.3) is 0 Å². The lowest BCUT2D eigenvalue weighted by Gasteiger charge is -2.26. The molecule has 3 fully saturated rings. The molecule has 0 radical (unpaired) electrons. The minimum absolute atomic E-state index is 0.128. The summed E-state index contributed by atoms with van der Waals surface area (Å²) in [5.41, 5.74) is -0.0548. The Hall–Kier alpha value is -2.98. The number of carbonyl (C=O) groups is 4. The van der Waals surface area contributed by atoms with Crippen molar-refractivity contribution < 1.29 is 33.4 Å². The highest BCUT2D eigenvalue weighted by molar-refractivity contribution is 5.98. The van der Waals surface area contributed by atoms with Crippen molar-refractivity contribution >= 4 is 23.5 Å². The second kappa shape index (κ2) is 12.9. The maximum atomic E-state index is 13.6. The van der Waals surface area contributed by atoms with Gasteiger partial charge in [-0.1, -0.05) is 37.8 Å². The number of benzene rings is 1. The number of epoxide rings is 1. The van der Waals surface area contributed by atoms with Gasteiger partial charge in [0.05, 0.1) is 32.3 Å². The molecule has 2 saturated heterocycles. The molecule has 0 unspecified atom stereocenters. The summed E-state index contributed by atoms with van der Waals surface area (Å²) in [6, 6.07) is 4.74. The summed E-state index contributed by atoms with van der Waals surface area (Å²) < 4.78 is 15.9. The molecule has 0 bridgehead atoms. The normalized spacial score (nSPS) is 24.8.